The summed E-state index contributed by atoms with van der Waals surface area (Å²) >= 11 is 0. The van der Waals surface area contributed by atoms with E-state index in [0.29, 0.717) is 22.9 Å². The summed E-state index contributed by atoms with van der Waals surface area (Å²) in [5.74, 6) is -0.794. The molecule has 1 amide bonds. The summed E-state index contributed by atoms with van der Waals surface area (Å²) < 4.78 is 10.8. The summed E-state index contributed by atoms with van der Waals surface area (Å²) in [7, 11) is 0. The Morgan fingerprint density at radius 1 is 1.07 bits per heavy atom. The molecular weight excluding hydrogens is 372 g/mol. The lowest BCUT2D eigenvalue weighted by Gasteiger charge is -2.13. The normalized spacial score (nSPS) is 11.6. The van der Waals surface area contributed by atoms with Gasteiger partial charge < -0.3 is 14.5 Å². The van der Waals surface area contributed by atoms with E-state index >= 15 is 0 Å². The van der Waals surface area contributed by atoms with Crippen molar-refractivity contribution in [2.75, 3.05) is 5.32 Å². The molecule has 2 aromatic carbocycles. The number of carbonyl (C=O) groups excluding carboxylic acids is 3. The predicted octanol–water partition coefficient (Wildman–Crippen LogP) is 4.04. The van der Waals surface area contributed by atoms with Gasteiger partial charge >= 0.3 is 5.97 Å². The number of nitrogens with zero attached hydrogens (tertiary/aromatic N) is 1. The number of nitrogens with one attached hydrogen (secondary N) is 1. The van der Waals surface area contributed by atoms with E-state index in [4.69, 9.17) is 9.15 Å². The molecule has 1 atom stereocenters. The molecule has 0 saturated heterocycles. The maximum Gasteiger partial charge on any atom is 0.361 e. The van der Waals surface area contributed by atoms with E-state index < -0.39 is 18.0 Å². The van der Waals surface area contributed by atoms with Crippen molar-refractivity contribution in [3.8, 4) is 11.5 Å². The standard InChI is InChI=1S/C22H20N2O5/c1-13(25)17-10-7-11-18(12-17)23-20(26)15(3)29-22(27)19-14(2)28-21(24-19)16-8-5-4-6-9-16/h4-12,15H,1-3H3,(H,23,26)/t15-/m0/s1. The van der Waals surface area contributed by atoms with Crippen LogP contribution in [-0.2, 0) is 9.53 Å². The predicted molar refractivity (Wildman–Crippen MR) is 107 cm³/mol. The van der Waals surface area contributed by atoms with E-state index in [1.165, 1.54) is 13.8 Å². The number of esters is 1. The Hall–Kier alpha value is -3.74. The van der Waals surface area contributed by atoms with Gasteiger partial charge in [-0.15, -0.1) is 0 Å². The Morgan fingerprint density at radius 3 is 2.48 bits per heavy atom. The van der Waals surface area contributed by atoms with Crippen LogP contribution in [0.1, 0.15) is 40.5 Å². The van der Waals surface area contributed by atoms with Crippen LogP contribution in [0.5, 0.6) is 0 Å². The van der Waals surface area contributed by atoms with E-state index in [-0.39, 0.29) is 11.5 Å². The fourth-order valence-electron chi connectivity index (χ4n) is 2.62. The molecule has 0 aliphatic carbocycles. The second-order valence-corrected chi connectivity index (χ2v) is 6.46. The Kier molecular flexibility index (Phi) is 5.87. The van der Waals surface area contributed by atoms with Crippen LogP contribution < -0.4 is 5.32 Å². The summed E-state index contributed by atoms with van der Waals surface area (Å²) in [6.07, 6.45) is -1.07. The fraction of sp³-hybridized carbons (Fsp3) is 0.182. The average Bonchev–Trinajstić information content (AvgIpc) is 3.10. The van der Waals surface area contributed by atoms with Gasteiger partial charge in [0, 0.05) is 16.8 Å². The Balaban J connectivity index is 1.67. The average molecular weight is 392 g/mol. The maximum absolute atomic E-state index is 12.5. The number of amides is 1. The minimum absolute atomic E-state index is 0.0158. The molecule has 7 nitrogen and oxygen atoms in total. The van der Waals surface area contributed by atoms with Crippen LogP contribution in [-0.4, -0.2) is 28.7 Å². The number of ketones is 1. The molecule has 1 aromatic heterocycles. The first kappa shape index (κ1) is 20.0. The number of aromatic nitrogens is 1. The zero-order valence-electron chi connectivity index (χ0n) is 16.3. The zero-order chi connectivity index (χ0) is 21.0. The molecule has 0 fully saturated rings. The summed E-state index contributed by atoms with van der Waals surface area (Å²) in [5.41, 5.74) is 1.65. The van der Waals surface area contributed by atoms with Crippen LogP contribution in [0, 0.1) is 6.92 Å². The molecule has 148 valence electrons. The second-order valence-electron chi connectivity index (χ2n) is 6.46. The van der Waals surface area contributed by atoms with E-state index in [1.54, 1.807) is 31.2 Å². The molecule has 0 spiro atoms. The van der Waals surface area contributed by atoms with E-state index in [0.717, 1.165) is 5.56 Å². The molecule has 0 bridgehead atoms. The molecule has 29 heavy (non-hydrogen) atoms. The molecule has 0 saturated carbocycles. The van der Waals surface area contributed by atoms with Crippen molar-refractivity contribution in [1.82, 2.24) is 4.98 Å². The number of ether oxygens (including phenoxy) is 1. The zero-order valence-corrected chi connectivity index (χ0v) is 16.3. The van der Waals surface area contributed by atoms with Gasteiger partial charge in [-0.3, -0.25) is 9.59 Å². The third kappa shape index (κ3) is 4.76. The monoisotopic (exact) mass is 392 g/mol. The number of carbonyl (C=O) groups is 3. The van der Waals surface area contributed by atoms with Gasteiger partial charge in [-0.2, -0.15) is 0 Å². The van der Waals surface area contributed by atoms with E-state index in [1.807, 2.05) is 30.3 Å². The summed E-state index contributed by atoms with van der Waals surface area (Å²) in [4.78, 5) is 40.5. The second kappa shape index (κ2) is 8.52. The smallest absolute Gasteiger partial charge is 0.361 e. The summed E-state index contributed by atoms with van der Waals surface area (Å²) in [6, 6.07) is 15.7. The number of hydrogen-bond donors (Lipinski definition) is 1. The number of benzene rings is 2. The Labute approximate surface area is 167 Å². The summed E-state index contributed by atoms with van der Waals surface area (Å²) in [6.45, 7) is 4.50. The first-order valence-electron chi connectivity index (χ1n) is 9.01. The van der Waals surface area contributed by atoms with Crippen molar-refractivity contribution >= 4 is 23.3 Å². The number of oxazole rings is 1. The van der Waals surface area contributed by atoms with Gasteiger partial charge in [-0.1, -0.05) is 30.3 Å². The highest BCUT2D eigenvalue weighted by molar-refractivity contribution is 5.99. The maximum atomic E-state index is 12.5. The van der Waals surface area contributed by atoms with Gasteiger partial charge in [0.1, 0.15) is 5.76 Å². The number of hydrogen-bond acceptors (Lipinski definition) is 6. The number of aryl methyl sites for hydroxylation is 1. The van der Waals surface area contributed by atoms with E-state index in [2.05, 4.69) is 10.3 Å². The molecule has 0 aliphatic rings. The first-order chi connectivity index (χ1) is 13.8. The molecule has 3 rings (SSSR count). The van der Waals surface area contributed by atoms with Crippen molar-refractivity contribution < 1.29 is 23.5 Å². The number of rotatable bonds is 6. The van der Waals surface area contributed by atoms with Crippen LogP contribution in [0.3, 0.4) is 0 Å². The van der Waals surface area contributed by atoms with Crippen LogP contribution in [0.25, 0.3) is 11.5 Å². The molecule has 1 N–H and O–H groups in total. The van der Waals surface area contributed by atoms with Gasteiger partial charge in [0.25, 0.3) is 5.91 Å². The molecule has 0 radical (unpaired) electrons. The number of anilines is 1. The first-order valence-corrected chi connectivity index (χ1v) is 9.01. The van der Waals surface area contributed by atoms with E-state index in [9.17, 15) is 14.4 Å². The SMILES string of the molecule is CC(=O)c1cccc(NC(=O)[C@H](C)OC(=O)c2nc(-c3ccccc3)oc2C)c1. The van der Waals surface area contributed by atoms with Crippen molar-refractivity contribution in [2.45, 2.75) is 26.9 Å². The van der Waals surface area contributed by atoms with Gasteiger partial charge in [-0.25, -0.2) is 9.78 Å². The molecule has 1 heterocycles. The van der Waals surface area contributed by atoms with Crippen LogP contribution >= 0.6 is 0 Å². The van der Waals surface area contributed by atoms with Crippen molar-refractivity contribution in [1.29, 1.82) is 0 Å². The van der Waals surface area contributed by atoms with Crippen molar-refractivity contribution in [2.24, 2.45) is 0 Å². The van der Waals surface area contributed by atoms with Crippen molar-refractivity contribution in [3.05, 3.63) is 71.6 Å². The van der Waals surface area contributed by atoms with Gasteiger partial charge in [-0.05, 0) is 45.0 Å². The summed E-state index contributed by atoms with van der Waals surface area (Å²) in [5, 5.41) is 2.63. The third-order valence-corrected chi connectivity index (χ3v) is 4.20. The molecule has 3 aromatic rings. The Morgan fingerprint density at radius 2 is 1.79 bits per heavy atom. The van der Waals surface area contributed by atoms with Gasteiger partial charge in [0.05, 0.1) is 0 Å². The quantitative estimate of drug-likeness (QED) is 0.502. The minimum Gasteiger partial charge on any atom is -0.448 e. The lowest BCUT2D eigenvalue weighted by molar-refractivity contribution is -0.123. The van der Waals surface area contributed by atoms with Gasteiger partial charge in [0.15, 0.2) is 17.6 Å². The molecule has 0 aliphatic heterocycles. The largest absolute Gasteiger partial charge is 0.448 e. The van der Waals surface area contributed by atoms with Crippen LogP contribution in [0.2, 0.25) is 0 Å². The molecule has 0 unspecified atom stereocenters. The Bertz CT molecular complexity index is 1060. The third-order valence-electron chi connectivity index (χ3n) is 4.20. The topological polar surface area (TPSA) is 98.5 Å². The van der Waals surface area contributed by atoms with Crippen molar-refractivity contribution in [3.63, 3.8) is 0 Å². The highest BCUT2D eigenvalue weighted by Crippen LogP contribution is 2.22. The van der Waals surface area contributed by atoms with Crippen LogP contribution in [0.15, 0.2) is 59.0 Å². The number of Topliss-reactive ketones (excluding diaryl/α,β-unsaturated/α-hetero) is 1. The minimum atomic E-state index is -1.07. The highest BCUT2D eigenvalue weighted by atomic mass is 16.5. The molecule has 7 heteroatoms. The molecular formula is C22H20N2O5. The lowest BCUT2D eigenvalue weighted by Crippen LogP contribution is -2.30. The van der Waals surface area contributed by atoms with Crippen LogP contribution in [0.4, 0.5) is 5.69 Å². The lowest BCUT2D eigenvalue weighted by atomic mass is 10.1. The van der Waals surface area contributed by atoms with Gasteiger partial charge in [0.2, 0.25) is 5.89 Å². The fourth-order valence-corrected chi connectivity index (χ4v) is 2.62. The highest BCUT2D eigenvalue weighted by Gasteiger charge is 2.24.